The molecule has 0 radical (unpaired) electrons. The summed E-state index contributed by atoms with van der Waals surface area (Å²) in [6.07, 6.45) is 2.61. The summed E-state index contributed by atoms with van der Waals surface area (Å²) in [5, 5.41) is 2.95. The summed E-state index contributed by atoms with van der Waals surface area (Å²) in [6.45, 7) is 5.38. The van der Waals surface area contributed by atoms with E-state index in [1.807, 2.05) is 6.92 Å². The predicted molar refractivity (Wildman–Crippen MR) is 80.1 cm³/mol. The number of nitrogens with two attached hydrogens (primary N) is 1. The average molecular weight is 295 g/mol. The second-order valence-corrected chi connectivity index (χ2v) is 6.83. The molecule has 1 aromatic heterocycles. The molecular weight excluding hydrogens is 274 g/mol. The van der Waals surface area contributed by atoms with Gasteiger partial charge in [-0.1, -0.05) is 0 Å². The molecule has 2 saturated heterocycles. The summed E-state index contributed by atoms with van der Waals surface area (Å²) >= 11 is 1.44. The van der Waals surface area contributed by atoms with Crippen molar-refractivity contribution < 1.29 is 9.53 Å². The lowest BCUT2D eigenvalue weighted by Crippen LogP contribution is -2.50. The van der Waals surface area contributed by atoms with Gasteiger partial charge in [-0.2, -0.15) is 0 Å². The largest absolute Gasteiger partial charge is 0.398 e. The number of nitrogen functional groups attached to an aromatic ring is 1. The highest BCUT2D eigenvalue weighted by atomic mass is 32.1. The summed E-state index contributed by atoms with van der Waals surface area (Å²) in [7, 11) is 0. The van der Waals surface area contributed by atoms with E-state index in [4.69, 9.17) is 10.5 Å². The predicted octanol–water partition coefficient (Wildman–Crippen LogP) is 1.23. The number of thiophene rings is 1. The second kappa shape index (κ2) is 5.71. The Balaban J connectivity index is 1.50. The highest BCUT2D eigenvalue weighted by Gasteiger charge is 2.32. The normalized spacial score (nSPS) is 26.4. The molecule has 5 nitrogen and oxygen atoms in total. The van der Waals surface area contributed by atoms with E-state index in [0.717, 1.165) is 18.0 Å². The van der Waals surface area contributed by atoms with Crippen LogP contribution in [0.4, 0.5) is 5.69 Å². The van der Waals surface area contributed by atoms with Crippen LogP contribution in [0.2, 0.25) is 0 Å². The van der Waals surface area contributed by atoms with Gasteiger partial charge in [0.15, 0.2) is 0 Å². The molecule has 3 heterocycles. The Morgan fingerprint density at radius 2 is 2.50 bits per heavy atom. The zero-order chi connectivity index (χ0) is 14.1. The van der Waals surface area contributed by atoms with Gasteiger partial charge in [-0.25, -0.2) is 0 Å². The maximum absolute atomic E-state index is 12.1. The van der Waals surface area contributed by atoms with Crippen molar-refractivity contribution in [3.63, 3.8) is 0 Å². The van der Waals surface area contributed by atoms with Gasteiger partial charge in [-0.15, -0.1) is 11.3 Å². The fraction of sp³-hybridized carbons (Fsp3) is 0.643. The first-order valence-corrected chi connectivity index (χ1v) is 7.95. The van der Waals surface area contributed by atoms with Crippen molar-refractivity contribution in [2.75, 3.05) is 32.0 Å². The Hall–Kier alpha value is -1.11. The van der Waals surface area contributed by atoms with Crippen LogP contribution in [0.5, 0.6) is 0 Å². The van der Waals surface area contributed by atoms with Gasteiger partial charge in [0.05, 0.1) is 17.6 Å². The lowest BCUT2D eigenvalue weighted by molar-refractivity contribution is -0.0461. The van der Waals surface area contributed by atoms with E-state index < -0.39 is 0 Å². The maximum atomic E-state index is 12.1. The SMILES string of the molecule is Cc1sc(C(=O)NCC2CN3CCCC3CO2)cc1N. The van der Waals surface area contributed by atoms with Crippen molar-refractivity contribution in [3.8, 4) is 0 Å². The van der Waals surface area contributed by atoms with Crippen molar-refractivity contribution in [3.05, 3.63) is 15.8 Å². The summed E-state index contributed by atoms with van der Waals surface area (Å²) in [5.74, 6) is -0.0538. The first-order chi connectivity index (χ1) is 9.63. The Bertz CT molecular complexity index is 483. The van der Waals surface area contributed by atoms with Crippen LogP contribution in [0, 0.1) is 6.92 Å². The average Bonchev–Trinajstić information content (AvgIpc) is 3.03. The van der Waals surface area contributed by atoms with Crippen LogP contribution in [-0.4, -0.2) is 49.2 Å². The number of hydrogen-bond donors (Lipinski definition) is 2. The number of nitrogens with zero attached hydrogens (tertiary/aromatic N) is 1. The molecule has 20 heavy (non-hydrogen) atoms. The van der Waals surface area contributed by atoms with Crippen molar-refractivity contribution in [1.29, 1.82) is 0 Å². The first-order valence-electron chi connectivity index (χ1n) is 7.13. The van der Waals surface area contributed by atoms with Crippen molar-refractivity contribution in [1.82, 2.24) is 10.2 Å². The topological polar surface area (TPSA) is 67.6 Å². The Labute approximate surface area is 123 Å². The van der Waals surface area contributed by atoms with Gasteiger partial charge < -0.3 is 15.8 Å². The molecule has 2 unspecified atom stereocenters. The molecule has 3 rings (SSSR count). The number of fused-ring (bicyclic) bond motifs is 1. The first kappa shape index (κ1) is 13.9. The third kappa shape index (κ3) is 2.82. The molecule has 2 atom stereocenters. The van der Waals surface area contributed by atoms with Crippen LogP contribution in [0.3, 0.4) is 0 Å². The maximum Gasteiger partial charge on any atom is 0.261 e. The number of carbonyl (C=O) groups is 1. The number of carbonyl (C=O) groups excluding carboxylic acids is 1. The smallest absolute Gasteiger partial charge is 0.261 e. The zero-order valence-corrected chi connectivity index (χ0v) is 12.5. The van der Waals surface area contributed by atoms with Crippen molar-refractivity contribution >= 4 is 22.9 Å². The standard InChI is InChI=1S/C14H21N3O2S/c1-9-12(15)5-13(20-9)14(18)16-6-11-7-17-4-2-3-10(17)8-19-11/h5,10-11H,2-4,6-8,15H2,1H3,(H,16,18). The van der Waals surface area contributed by atoms with Crippen molar-refractivity contribution in [2.24, 2.45) is 0 Å². The van der Waals surface area contributed by atoms with E-state index in [-0.39, 0.29) is 12.0 Å². The molecule has 0 bridgehead atoms. The van der Waals surface area contributed by atoms with Gasteiger partial charge in [0.2, 0.25) is 0 Å². The molecule has 1 amide bonds. The monoisotopic (exact) mass is 295 g/mol. The number of anilines is 1. The van der Waals surface area contributed by atoms with Crippen LogP contribution in [0.1, 0.15) is 27.4 Å². The lowest BCUT2D eigenvalue weighted by Gasteiger charge is -2.35. The third-order valence-electron chi connectivity index (χ3n) is 4.13. The van der Waals surface area contributed by atoms with Gasteiger partial charge in [-0.05, 0) is 32.4 Å². The fourth-order valence-electron chi connectivity index (χ4n) is 2.91. The number of morpholine rings is 1. The van der Waals surface area contributed by atoms with Gasteiger partial charge in [0.1, 0.15) is 0 Å². The molecule has 2 aliphatic rings. The van der Waals surface area contributed by atoms with Gasteiger partial charge >= 0.3 is 0 Å². The summed E-state index contributed by atoms with van der Waals surface area (Å²) < 4.78 is 5.83. The molecule has 0 aromatic carbocycles. The number of rotatable bonds is 3. The highest BCUT2D eigenvalue weighted by molar-refractivity contribution is 7.14. The van der Waals surface area contributed by atoms with E-state index in [9.17, 15) is 4.79 Å². The van der Waals surface area contributed by atoms with Crippen LogP contribution < -0.4 is 11.1 Å². The summed E-state index contributed by atoms with van der Waals surface area (Å²) in [4.78, 5) is 16.2. The lowest BCUT2D eigenvalue weighted by atomic mass is 10.2. The van der Waals surface area contributed by atoms with Gasteiger partial charge in [0.25, 0.3) is 5.91 Å². The number of ether oxygens (including phenoxy) is 1. The number of aryl methyl sites for hydroxylation is 1. The molecule has 3 N–H and O–H groups in total. The molecular formula is C14H21N3O2S. The van der Waals surface area contributed by atoms with E-state index in [2.05, 4.69) is 10.2 Å². The Kier molecular flexibility index (Phi) is 3.96. The van der Waals surface area contributed by atoms with Crippen LogP contribution in [-0.2, 0) is 4.74 Å². The van der Waals surface area contributed by atoms with E-state index >= 15 is 0 Å². The van der Waals surface area contributed by atoms with Gasteiger partial charge in [-0.3, -0.25) is 9.69 Å². The Morgan fingerprint density at radius 1 is 1.65 bits per heavy atom. The molecule has 2 aliphatic heterocycles. The minimum Gasteiger partial charge on any atom is -0.398 e. The van der Waals surface area contributed by atoms with E-state index in [1.165, 1.54) is 30.7 Å². The zero-order valence-electron chi connectivity index (χ0n) is 11.7. The van der Waals surface area contributed by atoms with Crippen molar-refractivity contribution in [2.45, 2.75) is 31.9 Å². The highest BCUT2D eigenvalue weighted by Crippen LogP contribution is 2.24. The molecule has 1 aromatic rings. The summed E-state index contributed by atoms with van der Waals surface area (Å²) in [5.41, 5.74) is 6.46. The second-order valence-electron chi connectivity index (χ2n) is 5.58. The fourth-order valence-corrected chi connectivity index (χ4v) is 3.77. The number of nitrogens with one attached hydrogen (secondary N) is 1. The molecule has 6 heteroatoms. The minimum absolute atomic E-state index is 0.0538. The van der Waals surface area contributed by atoms with Crippen LogP contribution >= 0.6 is 11.3 Å². The third-order valence-corrected chi connectivity index (χ3v) is 5.20. The van der Waals surface area contributed by atoms with Crippen LogP contribution in [0.15, 0.2) is 6.07 Å². The molecule has 110 valence electrons. The summed E-state index contributed by atoms with van der Waals surface area (Å²) in [6, 6.07) is 2.34. The minimum atomic E-state index is -0.0538. The molecule has 0 aliphatic carbocycles. The quantitative estimate of drug-likeness (QED) is 0.880. The Morgan fingerprint density at radius 3 is 3.25 bits per heavy atom. The van der Waals surface area contributed by atoms with E-state index in [0.29, 0.717) is 23.2 Å². The molecule has 0 saturated carbocycles. The molecule has 0 spiro atoms. The van der Waals surface area contributed by atoms with E-state index in [1.54, 1.807) is 6.07 Å². The number of amides is 1. The van der Waals surface area contributed by atoms with Crippen LogP contribution in [0.25, 0.3) is 0 Å². The molecule has 2 fully saturated rings. The number of hydrogen-bond acceptors (Lipinski definition) is 5. The van der Waals surface area contributed by atoms with Gasteiger partial charge in [0, 0.05) is 29.7 Å².